The Morgan fingerprint density at radius 2 is 1.87 bits per heavy atom. The van der Waals surface area contributed by atoms with E-state index in [1.165, 1.54) is 36.0 Å². The number of aromatic nitrogens is 4. The van der Waals surface area contributed by atoms with Crippen molar-refractivity contribution in [2.45, 2.75) is 65.2 Å². The lowest BCUT2D eigenvalue weighted by atomic mass is 9.75. The molecule has 1 aliphatic rings. The normalized spacial score (nSPS) is 19.6. The third-order valence-corrected chi connectivity index (χ3v) is 12.2. The molecule has 52 heavy (non-hydrogen) atoms. The summed E-state index contributed by atoms with van der Waals surface area (Å²) in [5, 5.41) is 15.8. The van der Waals surface area contributed by atoms with E-state index in [1.54, 1.807) is 26.2 Å². The fourth-order valence-electron chi connectivity index (χ4n) is 7.40. The summed E-state index contributed by atoms with van der Waals surface area (Å²) in [5.74, 6) is -1.69. The summed E-state index contributed by atoms with van der Waals surface area (Å²) in [6.07, 6.45) is 3.81. The van der Waals surface area contributed by atoms with Crippen molar-refractivity contribution < 1.29 is 31.9 Å². The van der Waals surface area contributed by atoms with Gasteiger partial charge in [-0.05, 0) is 73.4 Å². The highest BCUT2D eigenvalue weighted by atomic mass is 32.2. The van der Waals surface area contributed by atoms with E-state index in [-0.39, 0.29) is 40.8 Å². The van der Waals surface area contributed by atoms with Crippen molar-refractivity contribution in [3.63, 3.8) is 0 Å². The number of hydrogen-bond donors (Lipinski definition) is 2. The number of nitrogens with one attached hydrogen (secondary N) is 1. The van der Waals surface area contributed by atoms with E-state index < -0.39 is 44.1 Å². The third kappa shape index (κ3) is 7.61. The van der Waals surface area contributed by atoms with Gasteiger partial charge in [-0.25, -0.2) is 31.9 Å². The van der Waals surface area contributed by atoms with Crippen LogP contribution in [0.5, 0.6) is 11.5 Å². The zero-order valence-corrected chi connectivity index (χ0v) is 31.2. The number of rotatable bonds is 4. The van der Waals surface area contributed by atoms with Gasteiger partial charge >= 0.3 is 0 Å². The Morgan fingerprint density at radius 3 is 2.62 bits per heavy atom. The van der Waals surface area contributed by atoms with Gasteiger partial charge in [0.05, 0.1) is 22.5 Å². The Labute approximate surface area is 302 Å². The van der Waals surface area contributed by atoms with Crippen LogP contribution in [0, 0.1) is 23.0 Å². The molecule has 0 saturated carbocycles. The lowest BCUT2D eigenvalue weighted by Gasteiger charge is -2.31. The maximum atomic E-state index is 15.7. The Bertz CT molecular complexity index is 2250. The van der Waals surface area contributed by atoms with E-state index in [0.29, 0.717) is 53.0 Å². The van der Waals surface area contributed by atoms with Gasteiger partial charge in [0.2, 0.25) is 5.91 Å². The molecule has 0 fully saturated rings. The van der Waals surface area contributed by atoms with Crippen LogP contribution in [-0.2, 0) is 39.9 Å². The number of ether oxygens (including phenoxy) is 1. The lowest BCUT2D eigenvalue weighted by Crippen LogP contribution is -2.30. The van der Waals surface area contributed by atoms with E-state index in [2.05, 4.69) is 4.98 Å². The van der Waals surface area contributed by atoms with Crippen molar-refractivity contribution in [1.29, 1.82) is 0 Å². The molecule has 0 radical (unpaired) electrons. The molecule has 3 heterocycles. The van der Waals surface area contributed by atoms with Crippen LogP contribution in [0.1, 0.15) is 69.5 Å². The third-order valence-electron chi connectivity index (χ3n) is 10.2. The number of aromatic amines is 1. The average molecular weight is 734 g/mol. The van der Waals surface area contributed by atoms with Gasteiger partial charge in [0, 0.05) is 48.7 Å². The molecule has 1 aliphatic heterocycles. The summed E-state index contributed by atoms with van der Waals surface area (Å²) in [7, 11) is -0.615. The predicted molar refractivity (Wildman–Crippen MR) is 195 cm³/mol. The predicted octanol–water partition coefficient (Wildman–Crippen LogP) is 7.53. The Morgan fingerprint density at radius 1 is 1.10 bits per heavy atom. The first-order valence-electron chi connectivity index (χ1n) is 17.4. The number of nitrogens with zero attached hydrogens (tertiary/aromatic N) is 4. The topological polar surface area (TPSA) is 130 Å². The zero-order valence-electron chi connectivity index (χ0n) is 30.3. The van der Waals surface area contributed by atoms with Crippen LogP contribution in [0.4, 0.5) is 8.78 Å². The number of hydroxylamine groups is 2. The van der Waals surface area contributed by atoms with Crippen LogP contribution in [0.2, 0.25) is 0 Å². The molecule has 1 unspecified atom stereocenters. The van der Waals surface area contributed by atoms with E-state index >= 15 is 8.78 Å². The van der Waals surface area contributed by atoms with Gasteiger partial charge in [-0.2, -0.15) is 5.10 Å². The number of fused-ring (bicyclic) bond motifs is 8. The maximum Gasteiger partial charge on any atom is 0.248 e. The van der Waals surface area contributed by atoms with E-state index in [9.17, 15) is 18.4 Å². The van der Waals surface area contributed by atoms with Crippen LogP contribution >= 0.6 is 0 Å². The summed E-state index contributed by atoms with van der Waals surface area (Å²) < 4.78 is 66.3. The van der Waals surface area contributed by atoms with Gasteiger partial charge in [0.25, 0.3) is 0 Å². The van der Waals surface area contributed by atoms with Gasteiger partial charge in [-0.15, -0.1) is 0 Å². The number of hydrogen-bond acceptors (Lipinski definition) is 7. The Balaban J connectivity index is 1.48. The van der Waals surface area contributed by atoms with Gasteiger partial charge in [0.15, 0.2) is 33.1 Å². The van der Waals surface area contributed by atoms with Gasteiger partial charge < -0.3 is 9.72 Å². The minimum absolute atomic E-state index is 0.0216. The largest absolute Gasteiger partial charge is 0.454 e. The SMILES string of the molecule is C[C@@H](Cc1cccc(C2(C)CCCC(C)(C)CS(=O)(=O)CCc3c(c(F)cc4[nH]ccc34)Oc3ccc(F)c(c3)-c3nc2nn3C)c1)C(=O)N(C)O. The highest BCUT2D eigenvalue weighted by molar-refractivity contribution is 7.91. The van der Waals surface area contributed by atoms with Crippen molar-refractivity contribution in [2.75, 3.05) is 18.6 Å². The molecule has 1 amide bonds. The summed E-state index contributed by atoms with van der Waals surface area (Å²) in [5.41, 5.74) is 1.38. The van der Waals surface area contributed by atoms with E-state index in [0.717, 1.165) is 11.1 Å². The van der Waals surface area contributed by atoms with Crippen LogP contribution < -0.4 is 4.74 Å². The summed E-state index contributed by atoms with van der Waals surface area (Å²) in [6.45, 7) is 7.64. The van der Waals surface area contributed by atoms with Gasteiger partial charge in [-0.3, -0.25) is 10.0 Å². The van der Waals surface area contributed by atoms with Crippen molar-refractivity contribution >= 4 is 26.6 Å². The summed E-state index contributed by atoms with van der Waals surface area (Å²) in [6, 6.07) is 14.9. The molecule has 6 rings (SSSR count). The van der Waals surface area contributed by atoms with Crippen LogP contribution in [0.3, 0.4) is 0 Å². The molecule has 0 saturated heterocycles. The molecule has 13 heteroatoms. The molecule has 10 nitrogen and oxygen atoms in total. The lowest BCUT2D eigenvalue weighted by molar-refractivity contribution is -0.163. The van der Waals surface area contributed by atoms with Crippen molar-refractivity contribution in [1.82, 2.24) is 24.8 Å². The first kappa shape index (κ1) is 37.1. The number of benzene rings is 3. The van der Waals surface area contributed by atoms with Crippen molar-refractivity contribution in [2.24, 2.45) is 18.4 Å². The molecular formula is C39H45F2N5O5S. The van der Waals surface area contributed by atoms with Gasteiger partial charge in [0.1, 0.15) is 11.6 Å². The number of halogens is 2. The van der Waals surface area contributed by atoms with Crippen molar-refractivity contribution in [3.05, 3.63) is 94.9 Å². The van der Waals surface area contributed by atoms with E-state index in [1.807, 2.05) is 45.0 Å². The molecule has 0 aliphatic carbocycles. The van der Waals surface area contributed by atoms with Gasteiger partial charge in [-0.1, -0.05) is 51.5 Å². The van der Waals surface area contributed by atoms with Crippen LogP contribution in [-0.4, -0.2) is 62.9 Å². The summed E-state index contributed by atoms with van der Waals surface area (Å²) in [4.78, 5) is 20.4. The zero-order chi connectivity index (χ0) is 37.6. The highest BCUT2D eigenvalue weighted by Crippen LogP contribution is 2.41. The number of amides is 1. The smallest absolute Gasteiger partial charge is 0.248 e. The number of carbonyl (C=O) groups is 1. The maximum absolute atomic E-state index is 15.7. The second kappa shape index (κ2) is 14.1. The van der Waals surface area contributed by atoms with Crippen LogP contribution in [0.25, 0.3) is 22.3 Å². The Hall–Kier alpha value is -4.62. The molecular weight excluding hydrogens is 689 g/mol. The number of H-pyrrole nitrogens is 1. The Kier molecular flexibility index (Phi) is 10.1. The van der Waals surface area contributed by atoms with Crippen LogP contribution in [0.15, 0.2) is 60.8 Å². The monoisotopic (exact) mass is 733 g/mol. The first-order chi connectivity index (χ1) is 24.5. The van der Waals surface area contributed by atoms with Crippen molar-refractivity contribution in [3.8, 4) is 22.9 Å². The molecule has 4 bridgehead atoms. The summed E-state index contributed by atoms with van der Waals surface area (Å²) >= 11 is 0. The molecule has 3 aromatic carbocycles. The van der Waals surface area contributed by atoms with E-state index in [4.69, 9.17) is 14.8 Å². The number of sulfone groups is 1. The number of carbonyl (C=O) groups excluding carboxylic acids is 1. The number of aryl methyl sites for hydroxylation is 2. The first-order valence-corrected chi connectivity index (χ1v) is 19.2. The minimum Gasteiger partial charge on any atom is -0.454 e. The highest BCUT2D eigenvalue weighted by Gasteiger charge is 2.36. The molecule has 276 valence electrons. The molecule has 2 aromatic heterocycles. The molecule has 2 N–H and O–H groups in total. The molecule has 0 spiro atoms. The fraction of sp³-hybridized carbons (Fsp3) is 0.410. The molecule has 2 atom stereocenters. The average Bonchev–Trinajstić information content (AvgIpc) is 3.70. The minimum atomic E-state index is -3.60. The fourth-order valence-corrected chi connectivity index (χ4v) is 9.39. The standard InChI is InChI=1S/C39H45F2N5O5S/c1-24(36(47)46(6)48)19-25-9-7-10-26(20-25)39(4)16-8-15-38(2,3)23-52(49,50)18-14-29-28-13-17-42-33(28)22-32(41)34(29)51-27-11-12-31(40)30(21-27)35-43-37(39)44-45(35)5/h7,9-13,17,20-22,24,42,48H,8,14-16,18-19,23H2,1-6H3/t24-,39?/m0/s1. The second-order valence-electron chi connectivity index (χ2n) is 15.1. The second-order valence-corrected chi connectivity index (χ2v) is 17.3. The molecule has 5 aromatic rings. The quantitative estimate of drug-likeness (QED) is 0.144.